The molecule has 0 amide bonds. The highest BCUT2D eigenvalue weighted by Crippen LogP contribution is 2.43. The average Bonchev–Trinajstić information content (AvgIpc) is 3.03. The Bertz CT molecular complexity index is 410. The molecule has 1 aliphatic heterocycles. The minimum atomic E-state index is 0.0319. The standard InChI is InChI=1S/C14H21ClN2O/c1-11(15)12-8-16-17(9-12)10-13-4-7-14(18-13)5-2-3-6-14/h8-9,11,13H,2-7,10H2,1H3. The van der Waals surface area contributed by atoms with Crippen LogP contribution in [0, 0.1) is 0 Å². The van der Waals surface area contributed by atoms with Gasteiger partial charge in [-0.05, 0) is 32.6 Å². The summed E-state index contributed by atoms with van der Waals surface area (Å²) in [6, 6.07) is 0. The van der Waals surface area contributed by atoms with Crippen LogP contribution in [0.3, 0.4) is 0 Å². The first-order valence-electron chi connectivity index (χ1n) is 7.01. The first-order chi connectivity index (χ1) is 8.67. The van der Waals surface area contributed by atoms with Crippen LogP contribution in [-0.4, -0.2) is 21.5 Å². The Hall–Kier alpha value is -0.540. The molecule has 2 fully saturated rings. The summed E-state index contributed by atoms with van der Waals surface area (Å²) < 4.78 is 8.27. The molecule has 1 spiro atoms. The quantitative estimate of drug-likeness (QED) is 0.782. The van der Waals surface area contributed by atoms with Gasteiger partial charge in [0.05, 0.1) is 29.8 Å². The Kier molecular flexibility index (Phi) is 3.37. The third kappa shape index (κ3) is 2.43. The molecule has 0 aromatic carbocycles. The average molecular weight is 269 g/mol. The minimum absolute atomic E-state index is 0.0319. The Balaban J connectivity index is 1.60. The van der Waals surface area contributed by atoms with Crippen LogP contribution in [0.1, 0.15) is 56.4 Å². The van der Waals surface area contributed by atoms with Crippen LogP contribution in [0.5, 0.6) is 0 Å². The van der Waals surface area contributed by atoms with Crippen molar-refractivity contribution in [1.82, 2.24) is 9.78 Å². The number of hydrogen-bond donors (Lipinski definition) is 0. The largest absolute Gasteiger partial charge is 0.370 e. The van der Waals surface area contributed by atoms with Crippen LogP contribution < -0.4 is 0 Å². The Morgan fingerprint density at radius 3 is 2.94 bits per heavy atom. The number of aromatic nitrogens is 2. The maximum absolute atomic E-state index is 6.29. The molecular formula is C14H21ClN2O. The molecule has 1 aliphatic carbocycles. The van der Waals surface area contributed by atoms with Crippen molar-refractivity contribution in [1.29, 1.82) is 0 Å². The van der Waals surface area contributed by atoms with Gasteiger partial charge in [-0.25, -0.2) is 0 Å². The molecule has 2 heterocycles. The van der Waals surface area contributed by atoms with Gasteiger partial charge in [-0.1, -0.05) is 12.8 Å². The second kappa shape index (κ2) is 4.86. The van der Waals surface area contributed by atoms with Gasteiger partial charge >= 0.3 is 0 Å². The summed E-state index contributed by atoms with van der Waals surface area (Å²) in [6.07, 6.45) is 11.8. The molecule has 1 aromatic heterocycles. The number of rotatable bonds is 3. The van der Waals surface area contributed by atoms with Crippen molar-refractivity contribution in [2.75, 3.05) is 0 Å². The maximum atomic E-state index is 6.29. The van der Waals surface area contributed by atoms with Crippen LogP contribution in [-0.2, 0) is 11.3 Å². The molecule has 4 heteroatoms. The van der Waals surface area contributed by atoms with Crippen molar-refractivity contribution in [3.05, 3.63) is 18.0 Å². The zero-order valence-corrected chi connectivity index (χ0v) is 11.7. The molecule has 0 N–H and O–H groups in total. The van der Waals surface area contributed by atoms with Gasteiger partial charge in [-0.15, -0.1) is 11.6 Å². The number of ether oxygens (including phenoxy) is 1. The molecule has 1 aromatic rings. The van der Waals surface area contributed by atoms with Gasteiger partial charge in [0.25, 0.3) is 0 Å². The third-order valence-corrected chi connectivity index (χ3v) is 4.61. The molecule has 1 saturated heterocycles. The molecule has 1 saturated carbocycles. The monoisotopic (exact) mass is 268 g/mol. The highest BCUT2D eigenvalue weighted by Gasteiger charge is 2.42. The summed E-state index contributed by atoms with van der Waals surface area (Å²) in [5, 5.41) is 4.40. The predicted octanol–water partition coefficient (Wildman–Crippen LogP) is 3.67. The molecular weight excluding hydrogens is 248 g/mol. The zero-order chi connectivity index (χ0) is 12.6. The highest BCUT2D eigenvalue weighted by molar-refractivity contribution is 6.20. The Morgan fingerprint density at radius 2 is 2.28 bits per heavy atom. The Morgan fingerprint density at radius 1 is 1.50 bits per heavy atom. The third-order valence-electron chi connectivity index (χ3n) is 4.36. The van der Waals surface area contributed by atoms with E-state index in [0.29, 0.717) is 6.10 Å². The van der Waals surface area contributed by atoms with E-state index >= 15 is 0 Å². The molecule has 3 nitrogen and oxygen atoms in total. The second-order valence-electron chi connectivity index (χ2n) is 5.78. The molecule has 2 aliphatic rings. The molecule has 0 bridgehead atoms. The van der Waals surface area contributed by atoms with Crippen molar-refractivity contribution in [2.45, 2.75) is 69.1 Å². The van der Waals surface area contributed by atoms with Crippen molar-refractivity contribution in [3.63, 3.8) is 0 Å². The van der Waals surface area contributed by atoms with E-state index in [1.807, 2.05) is 24.0 Å². The van der Waals surface area contributed by atoms with Crippen molar-refractivity contribution in [3.8, 4) is 0 Å². The minimum Gasteiger partial charge on any atom is -0.370 e. The van der Waals surface area contributed by atoms with Crippen LogP contribution >= 0.6 is 11.6 Å². The van der Waals surface area contributed by atoms with E-state index < -0.39 is 0 Å². The van der Waals surface area contributed by atoms with E-state index in [4.69, 9.17) is 16.3 Å². The van der Waals surface area contributed by atoms with Gasteiger partial charge in [0.2, 0.25) is 0 Å². The van der Waals surface area contributed by atoms with Crippen molar-refractivity contribution < 1.29 is 4.74 Å². The Labute approximate surface area is 113 Å². The van der Waals surface area contributed by atoms with Gasteiger partial charge in [-0.2, -0.15) is 5.10 Å². The van der Waals surface area contributed by atoms with E-state index in [9.17, 15) is 0 Å². The van der Waals surface area contributed by atoms with E-state index in [1.165, 1.54) is 38.5 Å². The van der Waals surface area contributed by atoms with Crippen LogP contribution in [0.4, 0.5) is 0 Å². The summed E-state index contributed by atoms with van der Waals surface area (Å²) >= 11 is 6.05. The fourth-order valence-electron chi connectivity index (χ4n) is 3.30. The van der Waals surface area contributed by atoms with Crippen LogP contribution in [0.15, 0.2) is 12.4 Å². The summed E-state index contributed by atoms with van der Waals surface area (Å²) in [5.41, 5.74) is 1.31. The summed E-state index contributed by atoms with van der Waals surface area (Å²) in [7, 11) is 0. The normalized spacial score (nSPS) is 28.0. The fourth-order valence-corrected chi connectivity index (χ4v) is 3.42. The van der Waals surface area contributed by atoms with E-state index in [2.05, 4.69) is 5.10 Å². The lowest BCUT2D eigenvalue weighted by molar-refractivity contribution is -0.0429. The van der Waals surface area contributed by atoms with Crippen molar-refractivity contribution in [2.24, 2.45) is 0 Å². The van der Waals surface area contributed by atoms with Gasteiger partial charge in [0.15, 0.2) is 0 Å². The SMILES string of the molecule is CC(Cl)c1cnn(CC2CCC3(CCCC3)O2)c1. The zero-order valence-electron chi connectivity index (χ0n) is 10.9. The summed E-state index contributed by atoms with van der Waals surface area (Å²) in [4.78, 5) is 0. The van der Waals surface area contributed by atoms with Crippen molar-refractivity contribution >= 4 is 11.6 Å². The highest BCUT2D eigenvalue weighted by atomic mass is 35.5. The van der Waals surface area contributed by atoms with E-state index in [0.717, 1.165) is 12.1 Å². The molecule has 100 valence electrons. The van der Waals surface area contributed by atoms with Gasteiger partial charge in [0.1, 0.15) is 0 Å². The second-order valence-corrected chi connectivity index (χ2v) is 6.44. The smallest absolute Gasteiger partial charge is 0.0779 e. The lowest BCUT2D eigenvalue weighted by atomic mass is 9.98. The number of alkyl halides is 1. The van der Waals surface area contributed by atoms with Gasteiger partial charge in [0, 0.05) is 11.8 Å². The number of halogens is 1. The molecule has 3 rings (SSSR count). The molecule has 18 heavy (non-hydrogen) atoms. The topological polar surface area (TPSA) is 27.1 Å². The lowest BCUT2D eigenvalue weighted by Gasteiger charge is -2.23. The van der Waals surface area contributed by atoms with E-state index in [-0.39, 0.29) is 11.0 Å². The summed E-state index contributed by atoms with van der Waals surface area (Å²) in [6.45, 7) is 2.84. The molecule has 2 atom stereocenters. The number of hydrogen-bond acceptors (Lipinski definition) is 2. The summed E-state index contributed by atoms with van der Waals surface area (Å²) in [5.74, 6) is 0. The lowest BCUT2D eigenvalue weighted by Crippen LogP contribution is -2.26. The molecule has 0 radical (unpaired) electrons. The fraction of sp³-hybridized carbons (Fsp3) is 0.786. The van der Waals surface area contributed by atoms with Crippen LogP contribution in [0.2, 0.25) is 0 Å². The first kappa shape index (κ1) is 12.5. The van der Waals surface area contributed by atoms with Gasteiger partial charge < -0.3 is 4.74 Å². The predicted molar refractivity (Wildman–Crippen MR) is 71.8 cm³/mol. The van der Waals surface area contributed by atoms with Crippen LogP contribution in [0.25, 0.3) is 0 Å². The van der Waals surface area contributed by atoms with E-state index in [1.54, 1.807) is 0 Å². The maximum Gasteiger partial charge on any atom is 0.0779 e. The van der Waals surface area contributed by atoms with Gasteiger partial charge in [-0.3, -0.25) is 4.68 Å². The number of nitrogens with zero attached hydrogens (tertiary/aromatic N) is 2. The molecule has 2 unspecified atom stereocenters. The first-order valence-corrected chi connectivity index (χ1v) is 7.45.